The molecule has 0 aliphatic heterocycles. The number of amides is 1. The van der Waals surface area contributed by atoms with Gasteiger partial charge in [-0.1, -0.05) is 12.8 Å². The van der Waals surface area contributed by atoms with Crippen LogP contribution < -0.4 is 5.73 Å². The van der Waals surface area contributed by atoms with Gasteiger partial charge in [-0.15, -0.1) is 0 Å². The summed E-state index contributed by atoms with van der Waals surface area (Å²) in [5, 5.41) is 0. The molecule has 94 valence electrons. The minimum Gasteiger partial charge on any atom is -0.380 e. The van der Waals surface area contributed by atoms with Gasteiger partial charge in [0.2, 0.25) is 5.91 Å². The summed E-state index contributed by atoms with van der Waals surface area (Å²) in [5.41, 5.74) is 5.50. The van der Waals surface area contributed by atoms with Crippen LogP contribution in [0.1, 0.15) is 32.1 Å². The van der Waals surface area contributed by atoms with E-state index < -0.39 is 0 Å². The number of ether oxygens (including phenoxy) is 1. The van der Waals surface area contributed by atoms with Gasteiger partial charge in [-0.2, -0.15) is 0 Å². The van der Waals surface area contributed by atoms with Gasteiger partial charge in [-0.05, 0) is 18.8 Å². The van der Waals surface area contributed by atoms with Crippen LogP contribution in [0.5, 0.6) is 0 Å². The van der Waals surface area contributed by atoms with Crippen molar-refractivity contribution in [2.75, 3.05) is 27.2 Å². The first-order chi connectivity index (χ1) is 7.67. The fourth-order valence-electron chi connectivity index (χ4n) is 2.30. The van der Waals surface area contributed by atoms with Gasteiger partial charge in [0.25, 0.3) is 0 Å². The van der Waals surface area contributed by atoms with Crippen molar-refractivity contribution in [1.29, 1.82) is 0 Å². The summed E-state index contributed by atoms with van der Waals surface area (Å²) in [7, 11) is 3.48. The summed E-state index contributed by atoms with van der Waals surface area (Å²) in [6.45, 7) is 1.29. The Morgan fingerprint density at radius 3 is 2.62 bits per heavy atom. The Labute approximate surface area is 98.1 Å². The van der Waals surface area contributed by atoms with E-state index in [1.54, 1.807) is 7.11 Å². The summed E-state index contributed by atoms with van der Waals surface area (Å²) in [5.74, 6) is 0.844. The van der Waals surface area contributed by atoms with E-state index in [1.807, 2.05) is 11.9 Å². The SMILES string of the molecule is COC(CN)CC(=O)N(C)CC1CCCC1. The molecule has 1 amide bonds. The number of carbonyl (C=O) groups is 1. The lowest BCUT2D eigenvalue weighted by Crippen LogP contribution is -2.35. The summed E-state index contributed by atoms with van der Waals surface area (Å²) >= 11 is 0. The molecule has 0 aromatic carbocycles. The van der Waals surface area contributed by atoms with Crippen molar-refractivity contribution in [3.63, 3.8) is 0 Å². The molecule has 0 heterocycles. The molecule has 0 spiro atoms. The Morgan fingerprint density at radius 2 is 2.12 bits per heavy atom. The fraction of sp³-hybridized carbons (Fsp3) is 0.917. The van der Waals surface area contributed by atoms with Crippen molar-refractivity contribution >= 4 is 5.91 Å². The fourth-order valence-corrected chi connectivity index (χ4v) is 2.30. The molecule has 16 heavy (non-hydrogen) atoms. The summed E-state index contributed by atoms with van der Waals surface area (Å²) in [6.07, 6.45) is 5.42. The van der Waals surface area contributed by atoms with Crippen molar-refractivity contribution in [3.05, 3.63) is 0 Å². The molecule has 1 atom stereocenters. The maximum absolute atomic E-state index is 11.8. The first-order valence-corrected chi connectivity index (χ1v) is 6.14. The van der Waals surface area contributed by atoms with E-state index >= 15 is 0 Å². The number of hydrogen-bond donors (Lipinski definition) is 1. The zero-order valence-corrected chi connectivity index (χ0v) is 10.4. The zero-order chi connectivity index (χ0) is 12.0. The second-order valence-electron chi connectivity index (χ2n) is 4.72. The van der Waals surface area contributed by atoms with Crippen LogP contribution in [-0.2, 0) is 9.53 Å². The van der Waals surface area contributed by atoms with Gasteiger partial charge in [0, 0.05) is 27.2 Å². The first kappa shape index (κ1) is 13.5. The lowest BCUT2D eigenvalue weighted by molar-refractivity contribution is -0.132. The number of methoxy groups -OCH3 is 1. The molecule has 1 aliphatic rings. The van der Waals surface area contributed by atoms with Crippen LogP contribution in [0.25, 0.3) is 0 Å². The minimum absolute atomic E-state index is 0.140. The third-order valence-electron chi connectivity index (χ3n) is 3.43. The molecule has 2 N–H and O–H groups in total. The predicted molar refractivity (Wildman–Crippen MR) is 64.1 cm³/mol. The van der Waals surface area contributed by atoms with Gasteiger partial charge >= 0.3 is 0 Å². The maximum Gasteiger partial charge on any atom is 0.224 e. The number of hydrogen-bond acceptors (Lipinski definition) is 3. The van der Waals surface area contributed by atoms with Crippen molar-refractivity contribution in [2.45, 2.75) is 38.2 Å². The van der Waals surface area contributed by atoms with E-state index in [0.29, 0.717) is 18.9 Å². The molecule has 0 radical (unpaired) electrons. The van der Waals surface area contributed by atoms with Crippen LogP contribution >= 0.6 is 0 Å². The van der Waals surface area contributed by atoms with Crippen LogP contribution in [0.3, 0.4) is 0 Å². The van der Waals surface area contributed by atoms with Gasteiger partial charge in [0.1, 0.15) is 0 Å². The van der Waals surface area contributed by atoms with Crippen LogP contribution in [0.2, 0.25) is 0 Å². The molecule has 4 heteroatoms. The van der Waals surface area contributed by atoms with Crippen molar-refractivity contribution in [3.8, 4) is 0 Å². The zero-order valence-electron chi connectivity index (χ0n) is 10.4. The molecular formula is C12H24N2O2. The standard InChI is InChI=1S/C12H24N2O2/c1-14(9-10-5-3-4-6-10)12(15)7-11(8-13)16-2/h10-11H,3-9,13H2,1-2H3. The van der Waals surface area contributed by atoms with E-state index in [-0.39, 0.29) is 12.0 Å². The van der Waals surface area contributed by atoms with Gasteiger partial charge in [-0.3, -0.25) is 4.79 Å². The summed E-state index contributed by atoms with van der Waals surface area (Å²) < 4.78 is 5.12. The molecule has 0 aromatic rings. The Hall–Kier alpha value is -0.610. The monoisotopic (exact) mass is 228 g/mol. The van der Waals surface area contributed by atoms with E-state index in [9.17, 15) is 4.79 Å². The molecule has 0 saturated heterocycles. The lowest BCUT2D eigenvalue weighted by atomic mass is 10.1. The quantitative estimate of drug-likeness (QED) is 0.738. The lowest BCUT2D eigenvalue weighted by Gasteiger charge is -2.23. The highest BCUT2D eigenvalue weighted by atomic mass is 16.5. The smallest absolute Gasteiger partial charge is 0.224 e. The Morgan fingerprint density at radius 1 is 1.50 bits per heavy atom. The van der Waals surface area contributed by atoms with Crippen molar-refractivity contribution in [2.24, 2.45) is 11.7 Å². The van der Waals surface area contributed by atoms with Gasteiger partial charge < -0.3 is 15.4 Å². The van der Waals surface area contributed by atoms with Crippen LogP contribution in [0, 0.1) is 5.92 Å². The molecule has 4 nitrogen and oxygen atoms in total. The maximum atomic E-state index is 11.8. The van der Waals surface area contributed by atoms with Crippen LogP contribution in [0.4, 0.5) is 0 Å². The number of nitrogens with two attached hydrogens (primary N) is 1. The Bertz CT molecular complexity index is 211. The van der Waals surface area contributed by atoms with Crippen molar-refractivity contribution in [1.82, 2.24) is 4.90 Å². The summed E-state index contributed by atoms with van der Waals surface area (Å²) in [6, 6.07) is 0. The number of carbonyl (C=O) groups excluding carboxylic acids is 1. The largest absolute Gasteiger partial charge is 0.380 e. The van der Waals surface area contributed by atoms with Crippen LogP contribution in [-0.4, -0.2) is 44.2 Å². The number of rotatable bonds is 6. The highest BCUT2D eigenvalue weighted by Gasteiger charge is 2.21. The molecular weight excluding hydrogens is 204 g/mol. The highest BCUT2D eigenvalue weighted by Crippen LogP contribution is 2.25. The van der Waals surface area contributed by atoms with Gasteiger partial charge in [-0.25, -0.2) is 0 Å². The topological polar surface area (TPSA) is 55.6 Å². The van der Waals surface area contributed by atoms with E-state index in [1.165, 1.54) is 25.7 Å². The molecule has 1 saturated carbocycles. The predicted octanol–water partition coefficient (Wildman–Crippen LogP) is 0.999. The highest BCUT2D eigenvalue weighted by molar-refractivity contribution is 5.76. The molecule has 0 aromatic heterocycles. The molecule has 1 fully saturated rings. The second kappa shape index (κ2) is 6.86. The van der Waals surface area contributed by atoms with E-state index in [4.69, 9.17) is 10.5 Å². The normalized spacial score (nSPS) is 18.7. The summed E-state index contributed by atoms with van der Waals surface area (Å²) in [4.78, 5) is 13.7. The van der Waals surface area contributed by atoms with Gasteiger partial charge in [0.15, 0.2) is 0 Å². The minimum atomic E-state index is -0.140. The first-order valence-electron chi connectivity index (χ1n) is 6.14. The van der Waals surface area contributed by atoms with E-state index in [2.05, 4.69) is 0 Å². The average molecular weight is 228 g/mol. The Kier molecular flexibility index (Phi) is 5.77. The molecule has 1 unspecified atom stereocenters. The number of nitrogens with zero attached hydrogens (tertiary/aromatic N) is 1. The third kappa shape index (κ3) is 4.10. The van der Waals surface area contributed by atoms with E-state index in [0.717, 1.165) is 6.54 Å². The molecule has 1 rings (SSSR count). The molecule has 0 bridgehead atoms. The average Bonchev–Trinajstić information content (AvgIpc) is 2.78. The molecule has 1 aliphatic carbocycles. The Balaban J connectivity index is 2.28. The van der Waals surface area contributed by atoms with Crippen molar-refractivity contribution < 1.29 is 9.53 Å². The van der Waals surface area contributed by atoms with Gasteiger partial charge in [0.05, 0.1) is 12.5 Å². The third-order valence-corrected chi connectivity index (χ3v) is 3.43. The second-order valence-corrected chi connectivity index (χ2v) is 4.72. The van der Waals surface area contributed by atoms with Crippen LogP contribution in [0.15, 0.2) is 0 Å².